The van der Waals surface area contributed by atoms with Crippen molar-refractivity contribution in [3.05, 3.63) is 0 Å². The molecular formula is C9H17NO4. The monoisotopic (exact) mass is 203 g/mol. The summed E-state index contributed by atoms with van der Waals surface area (Å²) in [6.45, 7) is 2.42. The number of ether oxygens (including phenoxy) is 2. The summed E-state index contributed by atoms with van der Waals surface area (Å²) in [4.78, 5) is 11.2. The number of esters is 1. The molecule has 0 saturated carbocycles. The van der Waals surface area contributed by atoms with E-state index in [0.29, 0.717) is 0 Å². The second kappa shape index (κ2) is 5.29. The first-order valence-corrected chi connectivity index (χ1v) is 4.83. The fourth-order valence-electron chi connectivity index (χ4n) is 1.24. The molecule has 0 aliphatic carbocycles. The fourth-order valence-corrected chi connectivity index (χ4v) is 1.24. The molecule has 82 valence electrons. The Balaban J connectivity index is 2.19. The minimum Gasteiger partial charge on any atom is -0.462 e. The third-order valence-electron chi connectivity index (χ3n) is 2.23. The Morgan fingerprint density at radius 3 is 3.00 bits per heavy atom. The zero-order chi connectivity index (χ0) is 10.6. The maximum absolute atomic E-state index is 11.2. The van der Waals surface area contributed by atoms with Gasteiger partial charge in [-0.2, -0.15) is 0 Å². The van der Waals surface area contributed by atoms with Crippen molar-refractivity contribution in [1.82, 2.24) is 0 Å². The maximum Gasteiger partial charge on any atom is 0.325 e. The second-order valence-corrected chi connectivity index (χ2v) is 3.53. The number of hydrogen-bond acceptors (Lipinski definition) is 5. The smallest absolute Gasteiger partial charge is 0.325 e. The molecule has 5 nitrogen and oxygen atoms in total. The highest BCUT2D eigenvalue weighted by atomic mass is 16.6. The quantitative estimate of drug-likeness (QED) is 0.597. The van der Waals surface area contributed by atoms with Gasteiger partial charge in [-0.3, -0.25) is 4.79 Å². The minimum atomic E-state index is -0.962. The molecule has 0 bridgehead atoms. The number of aliphatic hydroxyl groups excluding tert-OH is 1. The van der Waals surface area contributed by atoms with Gasteiger partial charge < -0.3 is 20.3 Å². The van der Waals surface area contributed by atoms with Crippen LogP contribution in [0.2, 0.25) is 0 Å². The highest BCUT2D eigenvalue weighted by molar-refractivity contribution is 5.76. The van der Waals surface area contributed by atoms with E-state index in [1.54, 1.807) is 0 Å². The highest BCUT2D eigenvalue weighted by Crippen LogP contribution is 2.12. The van der Waals surface area contributed by atoms with Crippen molar-refractivity contribution in [2.45, 2.75) is 38.0 Å². The van der Waals surface area contributed by atoms with E-state index >= 15 is 0 Å². The van der Waals surface area contributed by atoms with Crippen LogP contribution in [-0.2, 0) is 14.3 Å². The molecule has 0 aromatic rings. The second-order valence-electron chi connectivity index (χ2n) is 3.53. The number of nitrogens with two attached hydrogens (primary N) is 1. The van der Waals surface area contributed by atoms with Crippen molar-refractivity contribution in [3.63, 3.8) is 0 Å². The molecule has 1 saturated heterocycles. The van der Waals surface area contributed by atoms with E-state index in [9.17, 15) is 4.79 Å². The SMILES string of the molecule is CC(O)C(N)C(=O)OCC1CCCO1. The Bertz CT molecular complexity index is 189. The Hall–Kier alpha value is -0.650. The van der Waals surface area contributed by atoms with Crippen LogP contribution in [0, 0.1) is 0 Å². The number of rotatable bonds is 4. The summed E-state index contributed by atoms with van der Waals surface area (Å²) in [6.07, 6.45) is 1.04. The molecular weight excluding hydrogens is 186 g/mol. The van der Waals surface area contributed by atoms with Gasteiger partial charge in [-0.1, -0.05) is 0 Å². The van der Waals surface area contributed by atoms with E-state index in [1.165, 1.54) is 6.92 Å². The minimum absolute atomic E-state index is 0.000138. The molecule has 0 amide bonds. The van der Waals surface area contributed by atoms with Gasteiger partial charge in [0.05, 0.1) is 12.2 Å². The molecule has 1 heterocycles. The highest BCUT2D eigenvalue weighted by Gasteiger charge is 2.23. The van der Waals surface area contributed by atoms with Gasteiger partial charge in [-0.25, -0.2) is 0 Å². The van der Waals surface area contributed by atoms with Crippen LogP contribution >= 0.6 is 0 Å². The molecule has 0 radical (unpaired) electrons. The van der Waals surface area contributed by atoms with Gasteiger partial charge in [0, 0.05) is 6.61 Å². The lowest BCUT2D eigenvalue weighted by Gasteiger charge is -2.15. The molecule has 1 fully saturated rings. The van der Waals surface area contributed by atoms with Crippen molar-refractivity contribution < 1.29 is 19.4 Å². The summed E-state index contributed by atoms with van der Waals surface area (Å²) in [7, 11) is 0. The first kappa shape index (κ1) is 11.4. The van der Waals surface area contributed by atoms with Crippen molar-refractivity contribution in [3.8, 4) is 0 Å². The number of carbonyl (C=O) groups is 1. The molecule has 1 aliphatic rings. The van der Waals surface area contributed by atoms with Gasteiger partial charge in [0.2, 0.25) is 0 Å². The van der Waals surface area contributed by atoms with E-state index < -0.39 is 18.1 Å². The Morgan fingerprint density at radius 2 is 2.50 bits per heavy atom. The molecule has 1 rings (SSSR count). The summed E-state index contributed by atoms with van der Waals surface area (Å²) >= 11 is 0. The van der Waals surface area contributed by atoms with E-state index in [-0.39, 0.29) is 12.7 Å². The molecule has 0 spiro atoms. The lowest BCUT2D eigenvalue weighted by atomic mass is 10.2. The lowest BCUT2D eigenvalue weighted by molar-refractivity contribution is -0.150. The van der Waals surface area contributed by atoms with E-state index in [1.807, 2.05) is 0 Å². The summed E-state index contributed by atoms with van der Waals surface area (Å²) in [5.41, 5.74) is 5.38. The van der Waals surface area contributed by atoms with Gasteiger partial charge in [-0.15, -0.1) is 0 Å². The van der Waals surface area contributed by atoms with Crippen LogP contribution < -0.4 is 5.73 Å². The van der Waals surface area contributed by atoms with Gasteiger partial charge in [0.25, 0.3) is 0 Å². The number of hydrogen-bond donors (Lipinski definition) is 2. The predicted octanol–water partition coefficient (Wildman–Crippen LogP) is -0.583. The first-order valence-electron chi connectivity index (χ1n) is 4.83. The standard InChI is InChI=1S/C9H17NO4/c1-6(11)8(10)9(12)14-5-7-3-2-4-13-7/h6-8,11H,2-5,10H2,1H3. The summed E-state index contributed by atoms with van der Waals surface area (Å²) in [5.74, 6) is -0.574. The van der Waals surface area contributed by atoms with Gasteiger partial charge >= 0.3 is 5.97 Å². The molecule has 3 N–H and O–H groups in total. The number of aliphatic hydroxyl groups is 1. The van der Waals surface area contributed by atoms with E-state index in [4.69, 9.17) is 20.3 Å². The van der Waals surface area contributed by atoms with Crippen LogP contribution in [-0.4, -0.2) is 42.5 Å². The van der Waals surface area contributed by atoms with Crippen molar-refractivity contribution >= 4 is 5.97 Å². The average Bonchev–Trinajstić information content (AvgIpc) is 2.65. The predicted molar refractivity (Wildman–Crippen MR) is 49.6 cm³/mol. The molecule has 0 aromatic heterocycles. The molecule has 1 aliphatic heterocycles. The third-order valence-corrected chi connectivity index (χ3v) is 2.23. The van der Waals surface area contributed by atoms with Crippen LogP contribution in [0.3, 0.4) is 0 Å². The maximum atomic E-state index is 11.2. The summed E-state index contributed by atoms with van der Waals surface area (Å²) in [6, 6.07) is -0.962. The molecule has 3 atom stereocenters. The average molecular weight is 203 g/mol. The van der Waals surface area contributed by atoms with Crippen LogP contribution in [0.25, 0.3) is 0 Å². The number of carbonyl (C=O) groups excluding carboxylic acids is 1. The molecule has 5 heteroatoms. The lowest BCUT2D eigenvalue weighted by Crippen LogP contribution is -2.42. The fraction of sp³-hybridized carbons (Fsp3) is 0.889. The first-order chi connectivity index (χ1) is 6.61. The van der Waals surface area contributed by atoms with Gasteiger partial charge in [-0.05, 0) is 19.8 Å². The molecule has 14 heavy (non-hydrogen) atoms. The normalized spacial score (nSPS) is 25.8. The van der Waals surface area contributed by atoms with E-state index in [2.05, 4.69) is 0 Å². The topological polar surface area (TPSA) is 81.8 Å². The largest absolute Gasteiger partial charge is 0.462 e. The van der Waals surface area contributed by atoms with Crippen molar-refractivity contribution in [2.24, 2.45) is 5.73 Å². The van der Waals surface area contributed by atoms with E-state index in [0.717, 1.165) is 19.4 Å². The Morgan fingerprint density at radius 1 is 1.79 bits per heavy atom. The Labute approximate surface area is 83.2 Å². The van der Waals surface area contributed by atoms with Crippen molar-refractivity contribution in [2.75, 3.05) is 13.2 Å². The van der Waals surface area contributed by atoms with Crippen molar-refractivity contribution in [1.29, 1.82) is 0 Å². The zero-order valence-corrected chi connectivity index (χ0v) is 8.31. The van der Waals surface area contributed by atoms with Crippen LogP contribution in [0.5, 0.6) is 0 Å². The van der Waals surface area contributed by atoms with Crippen LogP contribution in [0.4, 0.5) is 0 Å². The van der Waals surface area contributed by atoms with Gasteiger partial charge in [0.15, 0.2) is 0 Å². The Kier molecular flexibility index (Phi) is 4.31. The summed E-state index contributed by atoms with van der Waals surface area (Å²) < 4.78 is 10.2. The van der Waals surface area contributed by atoms with Crippen LogP contribution in [0.15, 0.2) is 0 Å². The summed E-state index contributed by atoms with van der Waals surface area (Å²) in [5, 5.41) is 9.03. The van der Waals surface area contributed by atoms with Crippen LogP contribution in [0.1, 0.15) is 19.8 Å². The van der Waals surface area contributed by atoms with Gasteiger partial charge in [0.1, 0.15) is 12.6 Å². The zero-order valence-electron chi connectivity index (χ0n) is 8.31. The third kappa shape index (κ3) is 3.25. The molecule has 3 unspecified atom stereocenters. The molecule has 0 aromatic carbocycles.